The Morgan fingerprint density at radius 1 is 1.53 bits per heavy atom. The number of carbonyl (C=O) groups excluding carboxylic acids is 1. The van der Waals surface area contributed by atoms with Crippen molar-refractivity contribution in [2.75, 3.05) is 6.54 Å². The molecule has 1 amide bonds. The fourth-order valence-corrected chi connectivity index (χ4v) is 3.77. The van der Waals surface area contributed by atoms with E-state index in [4.69, 9.17) is 10.7 Å². The Morgan fingerprint density at radius 3 is 2.58 bits per heavy atom. The Hall–Kier alpha value is -0.590. The van der Waals surface area contributed by atoms with Crippen molar-refractivity contribution < 1.29 is 13.2 Å². The third kappa shape index (κ3) is 3.70. The van der Waals surface area contributed by atoms with E-state index in [1.54, 1.807) is 10.3 Å². The van der Waals surface area contributed by atoms with Crippen LogP contribution >= 0.6 is 22.0 Å². The van der Waals surface area contributed by atoms with Crippen molar-refractivity contribution in [1.82, 2.24) is 4.90 Å². The van der Waals surface area contributed by atoms with Gasteiger partial charge in [-0.3, -0.25) is 4.79 Å². The largest absolute Gasteiger partial charge is 0.336 e. The fraction of sp³-hybridized carbons (Fsp3) is 0.583. The van der Waals surface area contributed by atoms with Gasteiger partial charge in [-0.2, -0.15) is 0 Å². The maximum absolute atomic E-state index is 12.4. The van der Waals surface area contributed by atoms with Crippen molar-refractivity contribution in [3.8, 4) is 0 Å². The molecule has 1 aliphatic rings. The zero-order valence-electron chi connectivity index (χ0n) is 10.8. The van der Waals surface area contributed by atoms with E-state index in [1.165, 1.54) is 18.9 Å². The Kier molecular flexibility index (Phi) is 4.23. The molecule has 0 saturated heterocycles. The molecule has 0 spiro atoms. The van der Waals surface area contributed by atoms with Crippen LogP contribution in [-0.2, 0) is 9.05 Å². The van der Waals surface area contributed by atoms with Crippen LogP contribution in [0.4, 0.5) is 0 Å². The predicted molar refractivity (Wildman–Crippen MR) is 76.3 cm³/mol. The van der Waals surface area contributed by atoms with Gasteiger partial charge in [0.1, 0.15) is 4.21 Å². The van der Waals surface area contributed by atoms with Gasteiger partial charge in [0, 0.05) is 28.6 Å². The number of rotatable bonds is 5. The van der Waals surface area contributed by atoms with Crippen LogP contribution in [0.25, 0.3) is 0 Å². The minimum Gasteiger partial charge on any atom is -0.336 e. The highest BCUT2D eigenvalue weighted by atomic mass is 35.7. The molecule has 19 heavy (non-hydrogen) atoms. The number of halogens is 1. The maximum Gasteiger partial charge on any atom is 0.270 e. The van der Waals surface area contributed by atoms with Crippen LogP contribution in [0.2, 0.25) is 0 Å². The Balaban J connectivity index is 2.18. The Morgan fingerprint density at radius 2 is 2.16 bits per heavy atom. The highest BCUT2D eigenvalue weighted by Gasteiger charge is 2.29. The van der Waals surface area contributed by atoms with E-state index in [-0.39, 0.29) is 16.2 Å². The van der Waals surface area contributed by atoms with Gasteiger partial charge in [0.05, 0.1) is 5.56 Å². The molecule has 0 N–H and O–H groups in total. The average molecular weight is 322 g/mol. The third-order valence-corrected chi connectivity index (χ3v) is 6.14. The average Bonchev–Trinajstić information content (AvgIpc) is 2.96. The van der Waals surface area contributed by atoms with Crippen LogP contribution in [-0.4, -0.2) is 31.8 Å². The minimum absolute atomic E-state index is 0.0210. The van der Waals surface area contributed by atoms with E-state index in [0.717, 1.165) is 17.9 Å². The topological polar surface area (TPSA) is 54.5 Å². The zero-order valence-corrected chi connectivity index (χ0v) is 13.2. The molecule has 1 saturated carbocycles. The number of nitrogens with zero attached hydrogens (tertiary/aromatic N) is 1. The van der Waals surface area contributed by atoms with E-state index in [9.17, 15) is 13.2 Å². The molecular weight excluding hydrogens is 306 g/mol. The molecule has 0 aliphatic heterocycles. The fourth-order valence-electron chi connectivity index (χ4n) is 1.83. The molecule has 7 heteroatoms. The summed E-state index contributed by atoms with van der Waals surface area (Å²) in [5.74, 6) is 0.478. The number of hydrogen-bond acceptors (Lipinski definition) is 4. The van der Waals surface area contributed by atoms with E-state index in [1.807, 2.05) is 13.8 Å². The molecule has 0 atom stereocenters. The minimum atomic E-state index is -3.75. The number of hydrogen-bond donors (Lipinski definition) is 0. The van der Waals surface area contributed by atoms with Gasteiger partial charge in [-0.15, -0.1) is 11.3 Å². The van der Waals surface area contributed by atoms with Crippen LogP contribution in [0.5, 0.6) is 0 Å². The first kappa shape index (κ1) is 14.8. The molecule has 1 aromatic heterocycles. The SMILES string of the molecule is CC(C)N(CC1CC1)C(=O)c1csc(S(=O)(=O)Cl)c1. The highest BCUT2D eigenvalue weighted by molar-refractivity contribution is 8.15. The molecule has 4 nitrogen and oxygen atoms in total. The molecule has 1 aliphatic carbocycles. The lowest BCUT2D eigenvalue weighted by atomic mass is 10.2. The first-order valence-electron chi connectivity index (χ1n) is 6.13. The summed E-state index contributed by atoms with van der Waals surface area (Å²) in [4.78, 5) is 14.2. The van der Waals surface area contributed by atoms with Gasteiger partial charge in [-0.25, -0.2) is 8.42 Å². The zero-order chi connectivity index (χ0) is 14.2. The third-order valence-electron chi connectivity index (χ3n) is 3.10. The number of carbonyl (C=O) groups is 1. The molecular formula is C12H16ClNO3S2. The summed E-state index contributed by atoms with van der Waals surface area (Å²) >= 11 is 0.981. The van der Waals surface area contributed by atoms with Crippen LogP contribution in [0, 0.1) is 5.92 Å². The summed E-state index contributed by atoms with van der Waals surface area (Å²) < 4.78 is 22.4. The van der Waals surface area contributed by atoms with Crippen molar-refractivity contribution in [2.24, 2.45) is 5.92 Å². The number of thiophene rings is 1. The summed E-state index contributed by atoms with van der Waals surface area (Å²) in [6, 6.07) is 1.46. The number of amides is 1. The van der Waals surface area contributed by atoms with Crippen LogP contribution in [0.3, 0.4) is 0 Å². The lowest BCUT2D eigenvalue weighted by Gasteiger charge is -2.26. The Labute approximate surface area is 121 Å². The molecule has 0 bridgehead atoms. The molecule has 1 heterocycles. The van der Waals surface area contributed by atoms with E-state index < -0.39 is 9.05 Å². The van der Waals surface area contributed by atoms with Crippen LogP contribution in [0.15, 0.2) is 15.7 Å². The van der Waals surface area contributed by atoms with E-state index in [0.29, 0.717) is 11.5 Å². The van der Waals surface area contributed by atoms with Gasteiger partial charge in [-0.1, -0.05) is 0 Å². The van der Waals surface area contributed by atoms with Gasteiger partial charge < -0.3 is 4.90 Å². The van der Waals surface area contributed by atoms with Crippen LogP contribution in [0.1, 0.15) is 37.0 Å². The van der Waals surface area contributed by atoms with Gasteiger partial charge >= 0.3 is 0 Å². The second-order valence-electron chi connectivity index (χ2n) is 5.09. The normalized spacial score (nSPS) is 15.8. The standard InChI is InChI=1S/C12H16ClNO3S2/c1-8(2)14(6-9-3-4-9)12(15)10-5-11(18-7-10)19(13,16)17/h5,7-9H,3-4,6H2,1-2H3. The van der Waals surface area contributed by atoms with Crippen molar-refractivity contribution in [3.63, 3.8) is 0 Å². The van der Waals surface area contributed by atoms with Crippen LogP contribution < -0.4 is 0 Å². The molecule has 1 aromatic rings. The molecule has 106 valence electrons. The van der Waals surface area contributed by atoms with Crippen molar-refractivity contribution in [1.29, 1.82) is 0 Å². The lowest BCUT2D eigenvalue weighted by Crippen LogP contribution is -2.38. The first-order chi connectivity index (χ1) is 8.79. The molecule has 0 aromatic carbocycles. The van der Waals surface area contributed by atoms with Gasteiger partial charge in [0.2, 0.25) is 0 Å². The molecule has 0 radical (unpaired) electrons. The van der Waals surface area contributed by atoms with Gasteiger partial charge in [0.15, 0.2) is 0 Å². The van der Waals surface area contributed by atoms with E-state index >= 15 is 0 Å². The van der Waals surface area contributed by atoms with Crippen molar-refractivity contribution in [2.45, 2.75) is 36.9 Å². The first-order valence-corrected chi connectivity index (χ1v) is 9.32. The summed E-state index contributed by atoms with van der Waals surface area (Å²) in [6.07, 6.45) is 2.34. The summed E-state index contributed by atoms with van der Waals surface area (Å²) in [7, 11) is 1.52. The summed E-state index contributed by atoms with van der Waals surface area (Å²) in [6.45, 7) is 4.67. The highest BCUT2D eigenvalue weighted by Crippen LogP contribution is 2.31. The van der Waals surface area contributed by atoms with Crippen molar-refractivity contribution >= 4 is 37.0 Å². The molecule has 2 rings (SSSR count). The van der Waals surface area contributed by atoms with Gasteiger partial charge in [0.25, 0.3) is 15.0 Å². The lowest BCUT2D eigenvalue weighted by molar-refractivity contribution is 0.0696. The Bertz CT molecular complexity index is 576. The van der Waals surface area contributed by atoms with E-state index in [2.05, 4.69) is 0 Å². The summed E-state index contributed by atoms with van der Waals surface area (Å²) in [5, 5.41) is 1.56. The second-order valence-corrected chi connectivity index (χ2v) is 8.79. The monoisotopic (exact) mass is 321 g/mol. The van der Waals surface area contributed by atoms with Gasteiger partial charge in [-0.05, 0) is 38.7 Å². The smallest absolute Gasteiger partial charge is 0.270 e. The van der Waals surface area contributed by atoms with Crippen molar-refractivity contribution in [3.05, 3.63) is 17.0 Å². The molecule has 1 fully saturated rings. The summed E-state index contributed by atoms with van der Waals surface area (Å²) in [5.41, 5.74) is 0.401. The predicted octanol–water partition coefficient (Wildman–Crippen LogP) is 2.94. The molecule has 0 unspecified atom stereocenters. The quantitative estimate of drug-likeness (QED) is 0.783. The maximum atomic E-state index is 12.4. The second kappa shape index (κ2) is 5.42.